The summed E-state index contributed by atoms with van der Waals surface area (Å²) < 4.78 is 6.37. The van der Waals surface area contributed by atoms with Crippen molar-refractivity contribution >= 4 is 34.5 Å². The number of nitrogens with zero attached hydrogens (tertiary/aromatic N) is 5. The van der Waals surface area contributed by atoms with Crippen LogP contribution in [0.3, 0.4) is 0 Å². The molecule has 1 atom stereocenters. The molecule has 0 fully saturated rings. The van der Waals surface area contributed by atoms with Crippen molar-refractivity contribution in [2.24, 2.45) is 5.92 Å². The van der Waals surface area contributed by atoms with Crippen LogP contribution in [0.15, 0.2) is 73.1 Å². The summed E-state index contributed by atoms with van der Waals surface area (Å²) in [5, 5.41) is 11.3. The SMILES string of the molecule is COC(=O)c1cccc(N(C(=O)Cn2nnc3ccccc32)C(C(=O)NCCC(C)C)c2cccnc2)c1. The van der Waals surface area contributed by atoms with Crippen LogP contribution in [0.4, 0.5) is 5.69 Å². The number of methoxy groups -OCH3 is 1. The largest absolute Gasteiger partial charge is 0.465 e. The van der Waals surface area contributed by atoms with Crippen molar-refractivity contribution in [1.29, 1.82) is 0 Å². The average Bonchev–Trinajstić information content (AvgIpc) is 3.34. The highest BCUT2D eigenvalue weighted by Crippen LogP contribution is 2.29. The number of benzene rings is 2. The molecule has 2 amide bonds. The molecule has 38 heavy (non-hydrogen) atoms. The molecule has 1 unspecified atom stereocenters. The molecule has 1 N–H and O–H groups in total. The summed E-state index contributed by atoms with van der Waals surface area (Å²) in [6.45, 7) is 4.41. The Morgan fingerprint density at radius 1 is 1.05 bits per heavy atom. The Kier molecular flexibility index (Phi) is 8.42. The number of aromatic nitrogens is 4. The standard InChI is InChI=1S/C28H30N6O4/c1-19(2)13-15-30-27(36)26(21-9-7-14-29-17-21)34(22-10-6-8-20(16-22)28(37)38-3)25(35)18-33-24-12-5-4-11-23(24)31-32-33/h4-12,14,16-17,19,26H,13,15,18H2,1-3H3,(H,30,36). The fourth-order valence-corrected chi connectivity index (χ4v) is 4.11. The van der Waals surface area contributed by atoms with E-state index in [0.717, 1.165) is 6.42 Å². The Hall–Kier alpha value is -4.60. The van der Waals surface area contributed by atoms with Crippen LogP contribution in [0.25, 0.3) is 11.0 Å². The number of nitrogens with one attached hydrogen (secondary N) is 1. The van der Waals surface area contributed by atoms with Gasteiger partial charge >= 0.3 is 5.97 Å². The molecule has 0 saturated heterocycles. The number of ether oxygens (including phenoxy) is 1. The smallest absolute Gasteiger partial charge is 0.337 e. The number of esters is 1. The van der Waals surface area contributed by atoms with Crippen LogP contribution in [0, 0.1) is 5.92 Å². The molecule has 0 saturated carbocycles. The lowest BCUT2D eigenvalue weighted by atomic mass is 10.0. The van der Waals surface area contributed by atoms with E-state index >= 15 is 0 Å². The number of fused-ring (bicyclic) bond motifs is 1. The van der Waals surface area contributed by atoms with Gasteiger partial charge in [0.1, 0.15) is 18.1 Å². The van der Waals surface area contributed by atoms with Crippen molar-refractivity contribution in [3.8, 4) is 0 Å². The Morgan fingerprint density at radius 3 is 2.61 bits per heavy atom. The number of hydrogen-bond donors (Lipinski definition) is 1. The first-order chi connectivity index (χ1) is 18.4. The van der Waals surface area contributed by atoms with Crippen LogP contribution in [-0.2, 0) is 20.9 Å². The molecule has 0 radical (unpaired) electrons. The first-order valence-corrected chi connectivity index (χ1v) is 12.4. The normalized spacial score (nSPS) is 11.8. The fourth-order valence-electron chi connectivity index (χ4n) is 4.11. The third kappa shape index (κ3) is 6.03. The van der Waals surface area contributed by atoms with Crippen molar-refractivity contribution in [1.82, 2.24) is 25.3 Å². The van der Waals surface area contributed by atoms with Gasteiger partial charge in [0.2, 0.25) is 11.8 Å². The van der Waals surface area contributed by atoms with Gasteiger partial charge in [-0.1, -0.05) is 43.3 Å². The number of pyridine rings is 1. The van der Waals surface area contributed by atoms with Gasteiger partial charge in [0.15, 0.2) is 0 Å². The highest BCUT2D eigenvalue weighted by Gasteiger charge is 2.33. The lowest BCUT2D eigenvalue weighted by Gasteiger charge is -2.31. The molecule has 0 bridgehead atoms. The van der Waals surface area contributed by atoms with Crippen molar-refractivity contribution in [2.45, 2.75) is 32.9 Å². The first-order valence-electron chi connectivity index (χ1n) is 12.4. The minimum absolute atomic E-state index is 0.182. The van der Waals surface area contributed by atoms with E-state index in [4.69, 9.17) is 4.74 Å². The third-order valence-electron chi connectivity index (χ3n) is 6.05. The first kappa shape index (κ1) is 26.5. The molecule has 0 aliphatic heterocycles. The second-order valence-electron chi connectivity index (χ2n) is 9.20. The Bertz CT molecular complexity index is 1420. The molecular weight excluding hydrogens is 484 g/mol. The molecule has 196 valence electrons. The van der Waals surface area contributed by atoms with Crippen LogP contribution in [0.5, 0.6) is 0 Å². The van der Waals surface area contributed by atoms with Crippen molar-refractivity contribution in [3.63, 3.8) is 0 Å². The summed E-state index contributed by atoms with van der Waals surface area (Å²) in [4.78, 5) is 45.6. The van der Waals surface area contributed by atoms with Gasteiger partial charge in [-0.15, -0.1) is 5.10 Å². The average molecular weight is 515 g/mol. The molecule has 4 aromatic rings. The van der Waals surface area contributed by atoms with Gasteiger partial charge in [-0.25, -0.2) is 9.48 Å². The maximum atomic E-state index is 14.0. The lowest BCUT2D eigenvalue weighted by molar-refractivity contribution is -0.127. The third-order valence-corrected chi connectivity index (χ3v) is 6.05. The van der Waals surface area contributed by atoms with Crippen LogP contribution in [-0.4, -0.2) is 51.4 Å². The van der Waals surface area contributed by atoms with E-state index in [9.17, 15) is 14.4 Å². The van der Waals surface area contributed by atoms with Gasteiger partial charge in [0, 0.05) is 30.2 Å². The topological polar surface area (TPSA) is 119 Å². The molecule has 2 aromatic carbocycles. The monoisotopic (exact) mass is 514 g/mol. The zero-order valence-electron chi connectivity index (χ0n) is 21.6. The molecule has 0 aliphatic carbocycles. The molecule has 10 heteroatoms. The summed E-state index contributed by atoms with van der Waals surface area (Å²) in [6.07, 6.45) is 3.94. The summed E-state index contributed by atoms with van der Waals surface area (Å²) in [7, 11) is 1.29. The maximum Gasteiger partial charge on any atom is 0.337 e. The predicted octanol–water partition coefficient (Wildman–Crippen LogP) is 3.55. The molecular formula is C28H30N6O4. The van der Waals surface area contributed by atoms with E-state index in [1.54, 1.807) is 42.7 Å². The Morgan fingerprint density at radius 2 is 1.87 bits per heavy atom. The van der Waals surface area contributed by atoms with Crippen molar-refractivity contribution in [2.75, 3.05) is 18.6 Å². The zero-order valence-corrected chi connectivity index (χ0v) is 21.6. The minimum Gasteiger partial charge on any atom is -0.465 e. The van der Waals surface area contributed by atoms with Crippen LogP contribution >= 0.6 is 0 Å². The number of carbonyl (C=O) groups excluding carboxylic acids is 3. The number of para-hydroxylation sites is 1. The van der Waals surface area contributed by atoms with Gasteiger partial charge < -0.3 is 10.1 Å². The molecule has 2 heterocycles. The van der Waals surface area contributed by atoms with Gasteiger partial charge in [-0.2, -0.15) is 0 Å². The predicted molar refractivity (Wildman–Crippen MR) is 142 cm³/mol. The molecule has 0 aliphatic rings. The number of anilines is 1. The quantitative estimate of drug-likeness (QED) is 0.322. The van der Waals surface area contributed by atoms with E-state index in [-0.39, 0.29) is 18.0 Å². The lowest BCUT2D eigenvalue weighted by Crippen LogP contribution is -2.45. The minimum atomic E-state index is -1.05. The van der Waals surface area contributed by atoms with Crippen LogP contribution < -0.4 is 10.2 Å². The van der Waals surface area contributed by atoms with Crippen LogP contribution in [0.2, 0.25) is 0 Å². The number of amides is 2. The summed E-state index contributed by atoms with van der Waals surface area (Å²) in [5.41, 5.74) is 2.46. The molecule has 2 aromatic heterocycles. The van der Waals surface area contributed by atoms with E-state index in [0.29, 0.717) is 34.7 Å². The second-order valence-corrected chi connectivity index (χ2v) is 9.20. The van der Waals surface area contributed by atoms with Gasteiger partial charge in [0.25, 0.3) is 0 Å². The highest BCUT2D eigenvalue weighted by molar-refractivity contribution is 6.02. The van der Waals surface area contributed by atoms with Crippen molar-refractivity contribution in [3.05, 3.63) is 84.2 Å². The Labute approximate surface area is 220 Å². The molecule has 0 spiro atoms. The number of rotatable bonds is 10. The van der Waals surface area contributed by atoms with Gasteiger partial charge in [-0.05, 0) is 48.7 Å². The molecule has 4 rings (SSSR count). The maximum absolute atomic E-state index is 14.0. The van der Waals surface area contributed by atoms with E-state index in [2.05, 4.69) is 34.5 Å². The summed E-state index contributed by atoms with van der Waals surface area (Å²) in [6, 6.07) is 16.2. The van der Waals surface area contributed by atoms with E-state index in [1.807, 2.05) is 24.3 Å². The van der Waals surface area contributed by atoms with Crippen LogP contribution in [0.1, 0.15) is 42.2 Å². The van der Waals surface area contributed by atoms with E-state index < -0.39 is 17.9 Å². The number of hydrogen-bond acceptors (Lipinski definition) is 7. The molecule has 10 nitrogen and oxygen atoms in total. The van der Waals surface area contributed by atoms with Gasteiger partial charge in [0.05, 0.1) is 18.2 Å². The highest BCUT2D eigenvalue weighted by atomic mass is 16.5. The van der Waals surface area contributed by atoms with Crippen molar-refractivity contribution < 1.29 is 19.1 Å². The summed E-state index contributed by atoms with van der Waals surface area (Å²) >= 11 is 0. The fraction of sp³-hybridized carbons (Fsp3) is 0.286. The van der Waals surface area contributed by atoms with E-state index in [1.165, 1.54) is 22.8 Å². The number of carbonyl (C=O) groups is 3. The summed E-state index contributed by atoms with van der Waals surface area (Å²) in [5.74, 6) is -0.947. The zero-order chi connectivity index (χ0) is 27.1. The Balaban J connectivity index is 1.79. The second kappa shape index (κ2) is 12.1. The van der Waals surface area contributed by atoms with Gasteiger partial charge in [-0.3, -0.25) is 19.5 Å².